The summed E-state index contributed by atoms with van der Waals surface area (Å²) in [6.45, 7) is 1.19. The van der Waals surface area contributed by atoms with Gasteiger partial charge in [-0.05, 0) is 6.07 Å². The van der Waals surface area contributed by atoms with Gasteiger partial charge < -0.3 is 5.32 Å². The highest BCUT2D eigenvalue weighted by molar-refractivity contribution is 7.89. The highest BCUT2D eigenvalue weighted by Crippen LogP contribution is 2.25. The van der Waals surface area contributed by atoms with E-state index in [0.29, 0.717) is 0 Å². The molecule has 0 atom stereocenters. The molecular weight excluding hydrogens is 286 g/mol. The number of hydrogen-bond donors (Lipinski definition) is 1. The van der Waals surface area contributed by atoms with E-state index in [0.717, 1.165) is 16.4 Å². The van der Waals surface area contributed by atoms with Crippen molar-refractivity contribution in [3.63, 3.8) is 0 Å². The quantitative estimate of drug-likeness (QED) is 0.602. The van der Waals surface area contributed by atoms with Crippen molar-refractivity contribution in [3.8, 4) is 0 Å². The van der Waals surface area contributed by atoms with Gasteiger partial charge in [-0.2, -0.15) is 4.31 Å². The fourth-order valence-corrected chi connectivity index (χ4v) is 3.13. The molecule has 0 aromatic heterocycles. The molecule has 1 amide bonds. The topological polar surface area (TPSA) is 110 Å². The van der Waals surface area contributed by atoms with Crippen molar-refractivity contribution in [2.45, 2.75) is 11.8 Å². The van der Waals surface area contributed by atoms with Crippen LogP contribution in [-0.4, -0.2) is 43.7 Å². The number of para-hydroxylation sites is 1. The van der Waals surface area contributed by atoms with Crippen LogP contribution in [0.5, 0.6) is 0 Å². The first-order chi connectivity index (χ1) is 9.34. The molecule has 20 heavy (non-hydrogen) atoms. The lowest BCUT2D eigenvalue weighted by Gasteiger charge is -2.19. The molecule has 0 saturated heterocycles. The van der Waals surface area contributed by atoms with Gasteiger partial charge in [-0.3, -0.25) is 14.9 Å². The number of carbonyl (C=O) groups is 1. The third-order valence-electron chi connectivity index (χ3n) is 2.63. The molecule has 0 unspecified atom stereocenters. The van der Waals surface area contributed by atoms with Crippen LogP contribution in [0.1, 0.15) is 6.92 Å². The van der Waals surface area contributed by atoms with E-state index in [2.05, 4.69) is 5.32 Å². The number of rotatable bonds is 6. The summed E-state index contributed by atoms with van der Waals surface area (Å²) in [5.41, 5.74) is -0.511. The van der Waals surface area contributed by atoms with E-state index >= 15 is 0 Å². The average Bonchev–Trinajstić information content (AvgIpc) is 2.44. The van der Waals surface area contributed by atoms with Gasteiger partial charge in [-0.15, -0.1) is 0 Å². The first-order valence-corrected chi connectivity index (χ1v) is 7.22. The number of nitro benzene ring substituents is 1. The monoisotopic (exact) mass is 301 g/mol. The van der Waals surface area contributed by atoms with Crippen LogP contribution in [0.25, 0.3) is 0 Å². The Balaban J connectivity index is 3.28. The highest BCUT2D eigenvalue weighted by atomic mass is 32.2. The molecule has 0 bridgehead atoms. The van der Waals surface area contributed by atoms with Gasteiger partial charge in [0.2, 0.25) is 15.9 Å². The van der Waals surface area contributed by atoms with Gasteiger partial charge in [0.1, 0.15) is 0 Å². The zero-order valence-electron chi connectivity index (χ0n) is 11.1. The van der Waals surface area contributed by atoms with E-state index in [1.807, 2.05) is 0 Å². The standard InChI is InChI=1S/C11H15N3O5S/c1-3-13(8-11(15)12-2)20(18,19)10-7-5-4-6-9(10)14(16)17/h4-7H,3,8H2,1-2H3,(H,12,15). The second-order valence-corrected chi connectivity index (χ2v) is 5.74. The summed E-state index contributed by atoms with van der Waals surface area (Å²) >= 11 is 0. The Kier molecular flexibility index (Phi) is 5.17. The molecule has 8 nitrogen and oxygen atoms in total. The third-order valence-corrected chi connectivity index (χ3v) is 4.60. The van der Waals surface area contributed by atoms with Crippen molar-refractivity contribution in [2.75, 3.05) is 20.1 Å². The van der Waals surface area contributed by atoms with Gasteiger partial charge in [-0.25, -0.2) is 8.42 Å². The van der Waals surface area contributed by atoms with E-state index in [-0.39, 0.29) is 13.1 Å². The first-order valence-electron chi connectivity index (χ1n) is 5.78. The lowest BCUT2D eigenvalue weighted by Crippen LogP contribution is -2.39. The highest BCUT2D eigenvalue weighted by Gasteiger charge is 2.31. The molecule has 0 spiro atoms. The number of nitrogens with one attached hydrogen (secondary N) is 1. The minimum absolute atomic E-state index is 0.0296. The molecule has 0 aliphatic carbocycles. The van der Waals surface area contributed by atoms with E-state index in [1.54, 1.807) is 6.92 Å². The SMILES string of the molecule is CCN(CC(=O)NC)S(=O)(=O)c1ccccc1[N+](=O)[O-]. The van der Waals surface area contributed by atoms with E-state index < -0.39 is 31.4 Å². The Labute approximate surface area is 116 Å². The van der Waals surface area contributed by atoms with Crippen LogP contribution < -0.4 is 5.32 Å². The fourth-order valence-electron chi connectivity index (χ4n) is 1.57. The number of sulfonamides is 1. The summed E-state index contributed by atoms with van der Waals surface area (Å²) < 4.78 is 25.6. The molecule has 1 aromatic rings. The molecule has 0 radical (unpaired) electrons. The van der Waals surface area contributed by atoms with Gasteiger partial charge in [0, 0.05) is 19.7 Å². The second kappa shape index (κ2) is 6.44. The Morgan fingerprint density at radius 3 is 2.50 bits per heavy atom. The maximum Gasteiger partial charge on any atom is 0.289 e. The van der Waals surface area contributed by atoms with Gasteiger partial charge in [-0.1, -0.05) is 19.1 Å². The van der Waals surface area contributed by atoms with Crippen LogP contribution in [0.15, 0.2) is 29.2 Å². The smallest absolute Gasteiger partial charge is 0.289 e. The summed E-state index contributed by atoms with van der Waals surface area (Å²) in [7, 11) is -2.72. The van der Waals surface area contributed by atoms with Gasteiger partial charge in [0.25, 0.3) is 5.69 Å². The van der Waals surface area contributed by atoms with Crippen LogP contribution in [-0.2, 0) is 14.8 Å². The van der Waals surface area contributed by atoms with Crippen molar-refractivity contribution in [1.29, 1.82) is 0 Å². The lowest BCUT2D eigenvalue weighted by molar-refractivity contribution is -0.387. The average molecular weight is 301 g/mol. The van der Waals surface area contributed by atoms with Crippen molar-refractivity contribution in [1.82, 2.24) is 9.62 Å². The molecule has 1 N–H and O–H groups in total. The summed E-state index contributed by atoms with van der Waals surface area (Å²) in [4.78, 5) is 21.0. The molecular formula is C11H15N3O5S. The molecule has 0 fully saturated rings. The minimum Gasteiger partial charge on any atom is -0.358 e. The van der Waals surface area contributed by atoms with E-state index in [1.165, 1.54) is 19.2 Å². The van der Waals surface area contributed by atoms with Crippen LogP contribution in [0.4, 0.5) is 5.69 Å². The Morgan fingerprint density at radius 1 is 1.40 bits per heavy atom. The maximum atomic E-state index is 12.4. The molecule has 0 saturated carbocycles. The molecule has 110 valence electrons. The van der Waals surface area contributed by atoms with Crippen LogP contribution in [0, 0.1) is 10.1 Å². The van der Waals surface area contributed by atoms with E-state index in [4.69, 9.17) is 0 Å². The van der Waals surface area contributed by atoms with Crippen LogP contribution >= 0.6 is 0 Å². The first kappa shape index (κ1) is 16.1. The van der Waals surface area contributed by atoms with Gasteiger partial charge in [0.15, 0.2) is 4.90 Å². The summed E-state index contributed by atoms with van der Waals surface area (Å²) in [6.07, 6.45) is 0. The Morgan fingerprint density at radius 2 is 2.00 bits per heavy atom. The largest absolute Gasteiger partial charge is 0.358 e. The maximum absolute atomic E-state index is 12.4. The third kappa shape index (κ3) is 3.31. The number of hydrogen-bond acceptors (Lipinski definition) is 5. The summed E-state index contributed by atoms with van der Waals surface area (Å²) in [5, 5.41) is 13.2. The normalized spacial score (nSPS) is 11.3. The van der Waals surface area contributed by atoms with Crippen molar-refractivity contribution < 1.29 is 18.1 Å². The van der Waals surface area contributed by atoms with Crippen molar-refractivity contribution in [2.24, 2.45) is 0 Å². The van der Waals surface area contributed by atoms with Gasteiger partial charge >= 0.3 is 0 Å². The van der Waals surface area contributed by atoms with Crippen molar-refractivity contribution in [3.05, 3.63) is 34.4 Å². The number of carbonyl (C=O) groups excluding carboxylic acids is 1. The van der Waals surface area contributed by atoms with Crippen LogP contribution in [0.3, 0.4) is 0 Å². The summed E-state index contributed by atoms with van der Waals surface area (Å²) in [5.74, 6) is -0.492. The number of benzene rings is 1. The zero-order valence-corrected chi connectivity index (χ0v) is 11.9. The molecule has 0 aliphatic rings. The predicted molar refractivity (Wildman–Crippen MR) is 71.6 cm³/mol. The van der Waals surface area contributed by atoms with Crippen molar-refractivity contribution >= 4 is 21.6 Å². The number of nitro groups is 1. The number of amides is 1. The van der Waals surface area contributed by atoms with Crippen LogP contribution in [0.2, 0.25) is 0 Å². The Bertz CT molecular complexity index is 614. The molecule has 1 rings (SSSR count). The predicted octanol–water partition coefficient (Wildman–Crippen LogP) is 0.351. The zero-order chi connectivity index (χ0) is 15.3. The fraction of sp³-hybridized carbons (Fsp3) is 0.364. The van der Waals surface area contributed by atoms with E-state index in [9.17, 15) is 23.3 Å². The molecule has 1 aromatic carbocycles. The minimum atomic E-state index is -4.10. The number of nitrogens with zero attached hydrogens (tertiary/aromatic N) is 2. The Hall–Kier alpha value is -2.00. The second-order valence-electron chi connectivity index (χ2n) is 3.83. The molecule has 0 heterocycles. The van der Waals surface area contributed by atoms with Gasteiger partial charge in [0.05, 0.1) is 11.5 Å². The molecule has 0 aliphatic heterocycles. The molecule has 9 heteroatoms. The number of likely N-dealkylation sites (N-methyl/N-ethyl adjacent to an activating group) is 2. The lowest BCUT2D eigenvalue weighted by atomic mass is 10.3. The summed E-state index contributed by atoms with van der Waals surface area (Å²) in [6, 6.07) is 5.04.